The van der Waals surface area contributed by atoms with E-state index < -0.39 is 29.5 Å². The maximum absolute atomic E-state index is 12.9. The minimum absolute atomic E-state index is 0.0475. The number of nitrogens with zero attached hydrogens (tertiary/aromatic N) is 3. The van der Waals surface area contributed by atoms with E-state index in [1.165, 1.54) is 12.1 Å². The number of hydrogen-bond donors (Lipinski definition) is 0. The highest BCUT2D eigenvalue weighted by Crippen LogP contribution is 2.34. The largest absolute Gasteiger partial charge is 0.434 e. The van der Waals surface area contributed by atoms with Gasteiger partial charge in [0.1, 0.15) is 16.3 Å². The Hall–Kier alpha value is -2.69. The quantitative estimate of drug-likeness (QED) is 0.474. The van der Waals surface area contributed by atoms with Crippen LogP contribution in [0.25, 0.3) is 10.6 Å². The number of pyridine rings is 1. The Morgan fingerprint density at radius 2 is 1.67 bits per heavy atom. The summed E-state index contributed by atoms with van der Waals surface area (Å²) in [6.45, 7) is 0. The fourth-order valence-corrected chi connectivity index (χ4v) is 3.23. The van der Waals surface area contributed by atoms with Gasteiger partial charge in [0, 0.05) is 19.2 Å². The molecule has 0 spiro atoms. The monoisotopic (exact) mass is 406 g/mol. The maximum Gasteiger partial charge on any atom is 0.434 e. The Kier molecular flexibility index (Phi) is 4.58. The van der Waals surface area contributed by atoms with E-state index in [9.17, 15) is 31.1 Å². The molecule has 3 rings (SSSR count). The number of alkyl halides is 6. The van der Waals surface area contributed by atoms with Crippen molar-refractivity contribution in [3.05, 3.63) is 58.9 Å². The van der Waals surface area contributed by atoms with Crippen LogP contribution in [-0.2, 0) is 19.4 Å². The average Bonchev–Trinajstić information content (AvgIpc) is 3.19. The van der Waals surface area contributed by atoms with E-state index in [0.717, 1.165) is 53.5 Å². The average molecular weight is 406 g/mol. The Bertz CT molecular complexity index is 985. The molecular formula is C16H10F6N3OS+. The molecule has 0 saturated heterocycles. The molecule has 0 aliphatic carbocycles. The molecule has 0 bridgehead atoms. The van der Waals surface area contributed by atoms with Crippen LogP contribution in [0, 0.1) is 0 Å². The first-order valence-corrected chi connectivity index (χ1v) is 8.13. The summed E-state index contributed by atoms with van der Waals surface area (Å²) in [7, 11) is 1.16. The predicted molar refractivity (Wildman–Crippen MR) is 82.9 cm³/mol. The molecule has 0 atom stereocenters. The van der Waals surface area contributed by atoms with Crippen LogP contribution in [0.4, 0.5) is 26.3 Å². The maximum atomic E-state index is 12.9. The topological polar surface area (TPSA) is 38.8 Å². The van der Waals surface area contributed by atoms with Crippen molar-refractivity contribution < 1.29 is 35.7 Å². The summed E-state index contributed by atoms with van der Waals surface area (Å²) in [5.41, 5.74) is -1.78. The lowest BCUT2D eigenvalue weighted by atomic mass is 10.2. The third-order valence-electron chi connectivity index (χ3n) is 3.63. The van der Waals surface area contributed by atoms with Crippen molar-refractivity contribution in [2.75, 3.05) is 0 Å². The number of rotatable bonds is 2. The van der Waals surface area contributed by atoms with Gasteiger partial charge in [-0.15, -0.1) is 15.9 Å². The molecule has 3 aromatic rings. The number of carbonyl (C=O) groups is 1. The van der Waals surface area contributed by atoms with Crippen LogP contribution in [0.3, 0.4) is 0 Å². The molecule has 0 aromatic carbocycles. The molecule has 0 fully saturated rings. The number of halogens is 6. The Labute approximate surface area is 152 Å². The fourth-order valence-electron chi connectivity index (χ4n) is 2.32. The molecule has 4 nitrogen and oxygen atoms in total. The molecular weight excluding hydrogens is 396 g/mol. The molecule has 0 unspecified atom stereocenters. The second kappa shape index (κ2) is 6.48. The van der Waals surface area contributed by atoms with Crippen LogP contribution in [0.5, 0.6) is 0 Å². The van der Waals surface area contributed by atoms with Crippen molar-refractivity contribution in [2.24, 2.45) is 7.05 Å². The summed E-state index contributed by atoms with van der Waals surface area (Å²) in [6, 6.07) is 5.22. The summed E-state index contributed by atoms with van der Waals surface area (Å²) in [5.74, 6) is -0.605. The Morgan fingerprint density at radius 3 is 2.19 bits per heavy atom. The highest BCUT2D eigenvalue weighted by molar-refractivity contribution is 7.17. The zero-order valence-electron chi connectivity index (χ0n) is 13.5. The second-order valence-electron chi connectivity index (χ2n) is 5.50. The van der Waals surface area contributed by atoms with E-state index >= 15 is 0 Å². The fraction of sp³-hybridized carbons (Fsp3) is 0.188. The number of aromatic nitrogens is 3. The first-order valence-electron chi connectivity index (χ1n) is 7.31. The Balaban J connectivity index is 1.87. The molecule has 0 aliphatic heterocycles. The van der Waals surface area contributed by atoms with Crippen LogP contribution in [0.1, 0.15) is 20.9 Å². The molecule has 0 N–H and O–H groups in total. The van der Waals surface area contributed by atoms with E-state index in [0.29, 0.717) is 9.56 Å². The molecule has 142 valence electrons. The van der Waals surface area contributed by atoms with Crippen LogP contribution >= 0.6 is 11.3 Å². The van der Waals surface area contributed by atoms with Gasteiger partial charge in [-0.3, -0.25) is 4.68 Å². The van der Waals surface area contributed by atoms with Crippen molar-refractivity contribution in [1.29, 1.82) is 0 Å². The van der Waals surface area contributed by atoms with E-state index in [4.69, 9.17) is 0 Å². The molecule has 3 aromatic heterocycles. The SMILES string of the molecule is Cn1nc(-c2ccc(C(=O)[n+]3ccc(C(F)(F)F)cc3)s2)cc1C(F)(F)F. The summed E-state index contributed by atoms with van der Waals surface area (Å²) in [4.78, 5) is 12.8. The van der Waals surface area contributed by atoms with Gasteiger partial charge in [-0.25, -0.2) is 4.79 Å². The van der Waals surface area contributed by atoms with Gasteiger partial charge in [0.25, 0.3) is 0 Å². The summed E-state index contributed by atoms with van der Waals surface area (Å²) >= 11 is 0.896. The zero-order chi connectivity index (χ0) is 20.0. The number of carbonyl (C=O) groups excluding carboxylic acids is 1. The summed E-state index contributed by atoms with van der Waals surface area (Å²) in [5, 5.41) is 3.80. The van der Waals surface area contributed by atoms with E-state index in [1.54, 1.807) is 0 Å². The van der Waals surface area contributed by atoms with Gasteiger partial charge >= 0.3 is 18.3 Å². The number of aryl methyl sites for hydroxylation is 1. The van der Waals surface area contributed by atoms with E-state index in [1.807, 2.05) is 0 Å². The van der Waals surface area contributed by atoms with Gasteiger partial charge in [0.05, 0.1) is 10.4 Å². The summed E-state index contributed by atoms with van der Waals surface area (Å²) < 4.78 is 77.9. The molecule has 0 aliphatic rings. The van der Waals surface area contributed by atoms with Crippen molar-refractivity contribution in [3.8, 4) is 10.6 Å². The standard InChI is InChI=1S/C16H10F6N3OS/c1-24-13(16(20,21)22)8-10(23-24)11-2-3-12(27-11)14(26)25-6-4-9(5-7-25)15(17,18)19/h2-8H,1H3/q+1. The molecule has 27 heavy (non-hydrogen) atoms. The molecule has 0 saturated carbocycles. The molecule has 11 heteroatoms. The van der Waals surface area contributed by atoms with Gasteiger partial charge in [0.15, 0.2) is 12.4 Å². The third kappa shape index (κ3) is 3.87. The van der Waals surface area contributed by atoms with Gasteiger partial charge in [-0.05, 0) is 18.2 Å². The highest BCUT2D eigenvalue weighted by Gasteiger charge is 2.35. The normalized spacial score (nSPS) is 12.4. The van der Waals surface area contributed by atoms with Crippen LogP contribution in [0.15, 0.2) is 42.7 Å². The van der Waals surface area contributed by atoms with Crippen LogP contribution in [0.2, 0.25) is 0 Å². The molecule has 0 amide bonds. The predicted octanol–water partition coefficient (Wildman–Crippen LogP) is 4.16. The van der Waals surface area contributed by atoms with Crippen molar-refractivity contribution >= 4 is 17.2 Å². The number of thiophene rings is 1. The lowest BCUT2D eigenvalue weighted by Crippen LogP contribution is -2.41. The zero-order valence-corrected chi connectivity index (χ0v) is 14.3. The number of hydrogen-bond acceptors (Lipinski definition) is 3. The third-order valence-corrected chi connectivity index (χ3v) is 4.73. The van der Waals surface area contributed by atoms with Crippen molar-refractivity contribution in [2.45, 2.75) is 12.4 Å². The Morgan fingerprint density at radius 1 is 1.04 bits per heavy atom. The summed E-state index contributed by atoms with van der Waals surface area (Å²) in [6.07, 6.45) is -7.13. The minimum atomic E-state index is -4.56. The first-order chi connectivity index (χ1) is 12.5. The lowest BCUT2D eigenvalue weighted by molar-refractivity contribution is -0.570. The lowest BCUT2D eigenvalue weighted by Gasteiger charge is -2.04. The van der Waals surface area contributed by atoms with E-state index in [-0.39, 0.29) is 10.6 Å². The second-order valence-corrected chi connectivity index (χ2v) is 6.58. The van der Waals surface area contributed by atoms with Gasteiger partial charge in [-0.1, -0.05) is 0 Å². The molecule has 3 heterocycles. The van der Waals surface area contributed by atoms with Crippen LogP contribution in [-0.4, -0.2) is 15.7 Å². The smallest absolute Gasteiger partial charge is 0.263 e. The van der Waals surface area contributed by atoms with Crippen molar-refractivity contribution in [1.82, 2.24) is 9.78 Å². The van der Waals surface area contributed by atoms with Gasteiger partial charge in [-0.2, -0.15) is 31.4 Å². The van der Waals surface area contributed by atoms with Crippen molar-refractivity contribution in [3.63, 3.8) is 0 Å². The van der Waals surface area contributed by atoms with Crippen LogP contribution < -0.4 is 4.57 Å². The molecule has 0 radical (unpaired) electrons. The minimum Gasteiger partial charge on any atom is -0.263 e. The van der Waals surface area contributed by atoms with Gasteiger partial charge < -0.3 is 0 Å². The van der Waals surface area contributed by atoms with Gasteiger partial charge in [0.2, 0.25) is 0 Å². The highest BCUT2D eigenvalue weighted by atomic mass is 32.1. The van der Waals surface area contributed by atoms with E-state index in [2.05, 4.69) is 5.10 Å². The first kappa shape index (κ1) is 19.1.